The Bertz CT molecular complexity index is 912. The van der Waals surface area contributed by atoms with E-state index in [-0.39, 0.29) is 28.6 Å². The summed E-state index contributed by atoms with van der Waals surface area (Å²) in [6.07, 6.45) is 0. The summed E-state index contributed by atoms with van der Waals surface area (Å²) in [7, 11) is -2.39. The smallest absolute Gasteiger partial charge is 0.254 e. The van der Waals surface area contributed by atoms with Gasteiger partial charge in [-0.05, 0) is 31.2 Å². The van der Waals surface area contributed by atoms with E-state index in [0.29, 0.717) is 11.4 Å². The Labute approximate surface area is 143 Å². The topological polar surface area (TPSA) is 77.4 Å². The van der Waals surface area contributed by atoms with Crippen molar-refractivity contribution in [2.24, 2.45) is 0 Å². The van der Waals surface area contributed by atoms with Crippen LogP contribution in [0.4, 0.5) is 4.39 Å². The highest BCUT2D eigenvalue weighted by Crippen LogP contribution is 2.19. The highest BCUT2D eigenvalue weighted by atomic mass is 35.5. The van der Waals surface area contributed by atoms with Gasteiger partial charge in [-0.3, -0.25) is 4.79 Å². The molecule has 0 radical (unpaired) electrons. The Morgan fingerprint density at radius 1 is 1.29 bits per heavy atom. The van der Waals surface area contributed by atoms with E-state index in [0.717, 1.165) is 18.2 Å². The van der Waals surface area contributed by atoms with Gasteiger partial charge in [-0.25, -0.2) is 17.5 Å². The second-order valence-corrected chi connectivity index (χ2v) is 7.17. The van der Waals surface area contributed by atoms with Crippen LogP contribution in [0.15, 0.2) is 40.0 Å². The van der Waals surface area contributed by atoms with Crippen molar-refractivity contribution in [2.45, 2.75) is 18.4 Å². The Morgan fingerprint density at radius 3 is 2.58 bits per heavy atom. The second kappa shape index (κ2) is 7.33. The first-order valence-corrected chi connectivity index (χ1v) is 8.81. The Kier molecular flexibility index (Phi) is 5.63. The monoisotopic (exact) mass is 374 g/mol. The molecule has 2 aromatic rings. The lowest BCUT2D eigenvalue weighted by Crippen LogP contribution is -2.31. The Morgan fingerprint density at radius 2 is 2.00 bits per heavy atom. The van der Waals surface area contributed by atoms with E-state index in [9.17, 15) is 17.6 Å². The number of halogens is 2. The molecule has 1 N–H and O–H groups in total. The van der Waals surface area contributed by atoms with E-state index < -0.39 is 15.8 Å². The molecule has 0 aliphatic rings. The number of aromatic nitrogens is 1. The summed E-state index contributed by atoms with van der Waals surface area (Å²) in [5.74, 6) is -0.258. The van der Waals surface area contributed by atoms with E-state index >= 15 is 0 Å². The average molecular weight is 375 g/mol. The van der Waals surface area contributed by atoms with Crippen molar-refractivity contribution in [1.82, 2.24) is 9.29 Å². The summed E-state index contributed by atoms with van der Waals surface area (Å²) < 4.78 is 46.2. The van der Waals surface area contributed by atoms with Crippen LogP contribution in [0, 0.1) is 12.7 Å². The molecule has 9 heteroatoms. The van der Waals surface area contributed by atoms with Crippen LogP contribution in [0.3, 0.4) is 0 Å². The van der Waals surface area contributed by atoms with Crippen molar-refractivity contribution in [3.63, 3.8) is 0 Å². The van der Waals surface area contributed by atoms with Gasteiger partial charge in [-0.1, -0.05) is 11.6 Å². The van der Waals surface area contributed by atoms with Gasteiger partial charge in [0, 0.05) is 24.8 Å². The minimum atomic E-state index is -3.85. The molecule has 0 fully saturated rings. The molecule has 130 valence electrons. The van der Waals surface area contributed by atoms with Gasteiger partial charge in [-0.2, -0.15) is 0 Å². The quantitative estimate of drug-likeness (QED) is 0.838. The van der Waals surface area contributed by atoms with Crippen molar-refractivity contribution in [3.8, 4) is 5.75 Å². The van der Waals surface area contributed by atoms with Gasteiger partial charge >= 0.3 is 0 Å². The minimum Gasteiger partial charge on any atom is -0.496 e. The Hall–Kier alpha value is -1.90. The number of ether oxygens (including phenoxy) is 1. The first-order valence-electron chi connectivity index (χ1n) is 6.95. The first kappa shape index (κ1) is 18.4. The fourth-order valence-corrected chi connectivity index (χ4v) is 3.41. The molecule has 1 aromatic heterocycles. The molecule has 0 unspecified atom stereocenters. The lowest BCUT2D eigenvalue weighted by molar-refractivity contribution is 0.411. The van der Waals surface area contributed by atoms with Crippen LogP contribution in [0.1, 0.15) is 5.69 Å². The number of nitrogens with one attached hydrogen (secondary N) is 1. The van der Waals surface area contributed by atoms with E-state index in [1.165, 1.54) is 17.7 Å². The summed E-state index contributed by atoms with van der Waals surface area (Å²) in [6.45, 7) is 1.85. The van der Waals surface area contributed by atoms with Crippen LogP contribution < -0.4 is 15.0 Å². The predicted molar refractivity (Wildman–Crippen MR) is 88.6 cm³/mol. The molecule has 0 aliphatic carbocycles. The third kappa shape index (κ3) is 4.14. The zero-order valence-electron chi connectivity index (χ0n) is 13.0. The molecule has 1 heterocycles. The third-order valence-corrected chi connectivity index (χ3v) is 5.12. The zero-order chi connectivity index (χ0) is 17.9. The number of methoxy groups -OCH3 is 1. The number of hydrogen-bond acceptors (Lipinski definition) is 4. The molecule has 1 aromatic carbocycles. The van der Waals surface area contributed by atoms with Crippen LogP contribution in [-0.2, 0) is 16.6 Å². The van der Waals surface area contributed by atoms with Gasteiger partial charge < -0.3 is 9.30 Å². The summed E-state index contributed by atoms with van der Waals surface area (Å²) >= 11 is 5.60. The number of aryl methyl sites for hydroxylation is 1. The molecule has 0 amide bonds. The van der Waals surface area contributed by atoms with Gasteiger partial charge in [0.2, 0.25) is 10.0 Å². The molecular weight excluding hydrogens is 359 g/mol. The maximum absolute atomic E-state index is 13.1. The van der Waals surface area contributed by atoms with Crippen LogP contribution in [0.2, 0.25) is 5.02 Å². The maximum atomic E-state index is 13.1. The molecule has 0 saturated carbocycles. The third-order valence-electron chi connectivity index (χ3n) is 3.37. The Balaban J connectivity index is 2.11. The molecule has 0 aliphatic heterocycles. The van der Waals surface area contributed by atoms with Gasteiger partial charge in [-0.15, -0.1) is 0 Å². The fraction of sp³-hybridized carbons (Fsp3) is 0.267. The highest BCUT2D eigenvalue weighted by Gasteiger charge is 2.15. The first-order chi connectivity index (χ1) is 11.2. The number of hydrogen-bond donors (Lipinski definition) is 1. The standard InChI is InChI=1S/C15H16ClFN2O4S/c1-10-7-11(23-2)8-15(20)19(10)6-5-18-24(21,22)12-3-4-14(17)13(16)9-12/h3-4,7-9,18H,5-6H2,1-2H3. The van der Waals surface area contributed by atoms with E-state index in [1.807, 2.05) is 0 Å². The van der Waals surface area contributed by atoms with E-state index in [2.05, 4.69) is 4.72 Å². The summed E-state index contributed by atoms with van der Waals surface area (Å²) in [6, 6.07) is 6.13. The largest absolute Gasteiger partial charge is 0.496 e. The van der Waals surface area contributed by atoms with Crippen molar-refractivity contribution in [2.75, 3.05) is 13.7 Å². The molecule has 0 atom stereocenters. The van der Waals surface area contributed by atoms with Crippen LogP contribution >= 0.6 is 11.6 Å². The van der Waals surface area contributed by atoms with Gasteiger partial charge in [0.1, 0.15) is 11.6 Å². The lowest BCUT2D eigenvalue weighted by Gasteiger charge is -2.12. The number of rotatable bonds is 6. The average Bonchev–Trinajstić information content (AvgIpc) is 2.52. The molecule has 0 spiro atoms. The number of nitrogens with zero attached hydrogens (tertiary/aromatic N) is 1. The molecular formula is C15H16ClFN2O4S. The van der Waals surface area contributed by atoms with Gasteiger partial charge in [0.25, 0.3) is 5.56 Å². The lowest BCUT2D eigenvalue weighted by atomic mass is 10.3. The van der Waals surface area contributed by atoms with Crippen LogP contribution in [0.5, 0.6) is 5.75 Å². The molecule has 0 saturated heterocycles. The van der Waals surface area contributed by atoms with Crippen molar-refractivity contribution in [1.29, 1.82) is 0 Å². The van der Waals surface area contributed by atoms with Gasteiger partial charge in [0.05, 0.1) is 17.0 Å². The van der Waals surface area contributed by atoms with Crippen molar-refractivity contribution >= 4 is 21.6 Å². The maximum Gasteiger partial charge on any atom is 0.254 e. The predicted octanol–water partition coefficient (Wildman–Crippen LogP) is 1.94. The second-order valence-electron chi connectivity index (χ2n) is 5.00. The van der Waals surface area contributed by atoms with Gasteiger partial charge in [0.15, 0.2) is 0 Å². The highest BCUT2D eigenvalue weighted by molar-refractivity contribution is 7.89. The fourth-order valence-electron chi connectivity index (χ4n) is 2.12. The number of pyridine rings is 1. The van der Waals surface area contributed by atoms with E-state index in [4.69, 9.17) is 16.3 Å². The van der Waals surface area contributed by atoms with Crippen molar-refractivity contribution in [3.05, 3.63) is 57.2 Å². The molecule has 6 nitrogen and oxygen atoms in total. The SMILES string of the molecule is COc1cc(C)n(CCNS(=O)(=O)c2ccc(F)c(Cl)c2)c(=O)c1. The minimum absolute atomic E-state index is 0.00952. The van der Waals surface area contributed by atoms with E-state index in [1.54, 1.807) is 13.0 Å². The number of benzene rings is 1. The summed E-state index contributed by atoms with van der Waals surface area (Å²) in [4.78, 5) is 11.8. The van der Waals surface area contributed by atoms with Crippen molar-refractivity contribution < 1.29 is 17.5 Å². The molecule has 0 bridgehead atoms. The number of sulfonamides is 1. The summed E-state index contributed by atoms with van der Waals surface area (Å²) in [5, 5.41) is -0.278. The molecule has 24 heavy (non-hydrogen) atoms. The summed E-state index contributed by atoms with van der Waals surface area (Å²) in [5.41, 5.74) is 0.347. The van der Waals surface area contributed by atoms with Crippen LogP contribution in [0.25, 0.3) is 0 Å². The van der Waals surface area contributed by atoms with Crippen LogP contribution in [-0.4, -0.2) is 26.6 Å². The normalized spacial score (nSPS) is 11.5. The molecule has 2 rings (SSSR count). The zero-order valence-corrected chi connectivity index (χ0v) is 14.6.